The van der Waals surface area contributed by atoms with Crippen molar-refractivity contribution < 1.29 is 14.1 Å². The van der Waals surface area contributed by atoms with Crippen LogP contribution in [-0.2, 0) is 10.5 Å². The van der Waals surface area contributed by atoms with E-state index in [9.17, 15) is 4.79 Å². The number of hydrogen-bond acceptors (Lipinski definition) is 8. The largest absolute Gasteiger partial charge is 0.398 e. The average molecular weight is 601 g/mol. The highest BCUT2D eigenvalue weighted by atomic mass is 32.2. The Hall–Kier alpha value is -4.15. The maximum absolute atomic E-state index is 11.8. The van der Waals surface area contributed by atoms with Gasteiger partial charge >= 0.3 is 0 Å². The summed E-state index contributed by atoms with van der Waals surface area (Å²) in [5, 5.41) is 4.20. The molecule has 10 heteroatoms. The highest BCUT2D eigenvalue weighted by molar-refractivity contribution is 7.98. The van der Waals surface area contributed by atoms with Gasteiger partial charge in [0.15, 0.2) is 17.8 Å². The highest BCUT2D eigenvalue weighted by Crippen LogP contribution is 2.32. The van der Waals surface area contributed by atoms with E-state index in [0.29, 0.717) is 33.9 Å². The zero-order valence-electron chi connectivity index (χ0n) is 25.2. The predicted octanol–water partition coefficient (Wildman–Crippen LogP) is 5.99. The number of nitrogens with zero attached hydrogens (tertiary/aromatic N) is 3. The summed E-state index contributed by atoms with van der Waals surface area (Å²) >= 11 is 1.79. The summed E-state index contributed by atoms with van der Waals surface area (Å²) in [6.45, 7) is 7.76. The van der Waals surface area contributed by atoms with Crippen molar-refractivity contribution in [2.45, 2.75) is 65.0 Å². The Labute approximate surface area is 257 Å². The number of amidine groups is 1. The van der Waals surface area contributed by atoms with Gasteiger partial charge in [-0.15, -0.1) is 0 Å². The molecule has 0 aliphatic carbocycles. The van der Waals surface area contributed by atoms with Crippen LogP contribution < -0.4 is 17.2 Å². The van der Waals surface area contributed by atoms with Crippen molar-refractivity contribution in [3.05, 3.63) is 93.8 Å². The third-order valence-electron chi connectivity index (χ3n) is 7.38. The molecule has 2 unspecified atom stereocenters. The van der Waals surface area contributed by atoms with Gasteiger partial charge < -0.3 is 26.5 Å². The number of primary amides is 1. The van der Waals surface area contributed by atoms with E-state index in [2.05, 4.69) is 10.1 Å². The molecule has 1 amide bonds. The second-order valence-electron chi connectivity index (χ2n) is 10.4. The van der Waals surface area contributed by atoms with Crippen LogP contribution >= 0.6 is 11.8 Å². The lowest BCUT2D eigenvalue weighted by atomic mass is 9.98. The van der Waals surface area contributed by atoms with E-state index in [0.717, 1.165) is 58.9 Å². The van der Waals surface area contributed by atoms with Gasteiger partial charge in [-0.1, -0.05) is 54.5 Å². The maximum atomic E-state index is 11.8. The van der Waals surface area contributed by atoms with Crippen LogP contribution in [0.1, 0.15) is 67.2 Å². The van der Waals surface area contributed by atoms with Crippen LogP contribution in [0.4, 0.5) is 0 Å². The molecule has 0 radical (unpaired) electrons. The fraction of sp³-hybridized carbons (Fsp3) is 0.333. The van der Waals surface area contributed by atoms with Gasteiger partial charge in [0.05, 0.1) is 23.1 Å². The first-order chi connectivity index (χ1) is 20.7. The Balaban J connectivity index is 1.54. The molecule has 4 rings (SSSR count). The number of amides is 1. The molecule has 0 bridgehead atoms. The molecular formula is C33H40N6O3S. The minimum Gasteiger partial charge on any atom is -0.398 e. The number of allylic oxidation sites excluding steroid dienone is 1. The molecule has 0 spiro atoms. The van der Waals surface area contributed by atoms with Gasteiger partial charge in [0, 0.05) is 40.1 Å². The molecule has 43 heavy (non-hydrogen) atoms. The number of rotatable bonds is 11. The standard InChI is InChI=1S/C33H40N6O3S/c1-5-20(3)29(34)28(30(35)23-13-10-14-24(17-23)32(36)40)33(37-6-2)38-27-16-15-25(41-27)18-43-19-26-21(4)39-42-31(26)22-11-8-7-9-12-22/h6-14,17,25,27H,5,15-16,18-19,34-35H2,1-4H3,(H2,36,40)/b29-20-,30-28-,37-6?,38-33-. The summed E-state index contributed by atoms with van der Waals surface area (Å²) < 4.78 is 12.0. The number of aliphatic imine (C=N–C) groups is 2. The molecule has 226 valence electrons. The van der Waals surface area contributed by atoms with E-state index in [-0.39, 0.29) is 6.10 Å². The van der Waals surface area contributed by atoms with Crippen molar-refractivity contribution in [1.82, 2.24) is 5.16 Å². The first-order valence-electron chi connectivity index (χ1n) is 14.4. The van der Waals surface area contributed by atoms with Crippen LogP contribution in [0.2, 0.25) is 0 Å². The molecule has 1 saturated heterocycles. The summed E-state index contributed by atoms with van der Waals surface area (Å²) in [6, 6.07) is 16.9. The number of carbonyl (C=O) groups excluding carboxylic acids is 1. The van der Waals surface area contributed by atoms with E-state index in [1.54, 1.807) is 36.2 Å². The Morgan fingerprint density at radius 1 is 1.09 bits per heavy atom. The van der Waals surface area contributed by atoms with Crippen molar-refractivity contribution in [1.29, 1.82) is 0 Å². The van der Waals surface area contributed by atoms with Crippen LogP contribution in [0, 0.1) is 6.92 Å². The normalized spacial score (nSPS) is 18.6. The fourth-order valence-corrected chi connectivity index (χ4v) is 5.94. The molecular weight excluding hydrogens is 560 g/mol. The van der Waals surface area contributed by atoms with E-state index in [4.69, 9.17) is 31.5 Å². The zero-order chi connectivity index (χ0) is 30.9. The quantitative estimate of drug-likeness (QED) is 0.139. The molecule has 1 aliphatic heterocycles. The molecule has 2 heterocycles. The van der Waals surface area contributed by atoms with Crippen molar-refractivity contribution >= 4 is 35.4 Å². The predicted molar refractivity (Wildman–Crippen MR) is 176 cm³/mol. The summed E-state index contributed by atoms with van der Waals surface area (Å²) in [5.74, 6) is 2.24. The van der Waals surface area contributed by atoms with Crippen LogP contribution in [0.5, 0.6) is 0 Å². The van der Waals surface area contributed by atoms with Gasteiger partial charge in [-0.05, 0) is 63.3 Å². The van der Waals surface area contributed by atoms with E-state index in [1.165, 1.54) is 0 Å². The smallest absolute Gasteiger partial charge is 0.248 e. The monoisotopic (exact) mass is 600 g/mol. The molecule has 2 atom stereocenters. The van der Waals surface area contributed by atoms with Crippen molar-refractivity contribution in [2.75, 3.05) is 5.75 Å². The van der Waals surface area contributed by atoms with Gasteiger partial charge in [0.2, 0.25) is 5.91 Å². The first kappa shape index (κ1) is 31.8. The number of aryl methyl sites for hydroxylation is 1. The number of nitrogens with two attached hydrogens (primary N) is 3. The van der Waals surface area contributed by atoms with Gasteiger partial charge in [0.25, 0.3) is 0 Å². The van der Waals surface area contributed by atoms with Crippen molar-refractivity contribution in [3.8, 4) is 11.3 Å². The Morgan fingerprint density at radius 3 is 2.53 bits per heavy atom. The number of thioether (sulfide) groups is 1. The number of carbonyl (C=O) groups is 1. The lowest BCUT2D eigenvalue weighted by Crippen LogP contribution is -2.20. The minimum absolute atomic E-state index is 0.0354. The average Bonchev–Trinajstić information content (AvgIpc) is 3.63. The maximum Gasteiger partial charge on any atom is 0.248 e. The summed E-state index contributed by atoms with van der Waals surface area (Å²) in [5.41, 5.74) is 25.2. The second kappa shape index (κ2) is 14.8. The van der Waals surface area contributed by atoms with Crippen LogP contribution in [0.3, 0.4) is 0 Å². The molecule has 1 aromatic heterocycles. The van der Waals surface area contributed by atoms with Gasteiger partial charge in [0.1, 0.15) is 0 Å². The van der Waals surface area contributed by atoms with E-state index < -0.39 is 12.1 Å². The SMILES string of the molecule is CC=NC(=N\C1CCC(CSCc2c(C)noc2-c2ccccc2)O1)/C(C(/N)=C(\C)CC)=C(\N)c1cccc(C(N)=O)c1. The minimum atomic E-state index is -0.538. The number of hydrogen-bond donors (Lipinski definition) is 3. The number of aromatic nitrogens is 1. The molecule has 2 aromatic carbocycles. The fourth-order valence-electron chi connectivity index (χ4n) is 4.77. The molecule has 1 fully saturated rings. The number of ether oxygens (including phenoxy) is 1. The molecule has 1 aliphatic rings. The van der Waals surface area contributed by atoms with Gasteiger partial charge in [-0.2, -0.15) is 11.8 Å². The lowest BCUT2D eigenvalue weighted by Gasteiger charge is -2.17. The molecule has 3 aromatic rings. The molecule has 9 nitrogen and oxygen atoms in total. The Kier molecular flexibility index (Phi) is 11.0. The lowest BCUT2D eigenvalue weighted by molar-refractivity contribution is 0.0642. The Bertz CT molecular complexity index is 1560. The number of benzene rings is 2. The second-order valence-corrected chi connectivity index (χ2v) is 11.4. The van der Waals surface area contributed by atoms with Crippen LogP contribution in [-0.4, -0.2) is 41.2 Å². The van der Waals surface area contributed by atoms with Gasteiger partial charge in [-0.25, -0.2) is 9.98 Å². The van der Waals surface area contributed by atoms with Crippen molar-refractivity contribution in [2.24, 2.45) is 27.2 Å². The zero-order valence-corrected chi connectivity index (χ0v) is 26.0. The van der Waals surface area contributed by atoms with Crippen LogP contribution in [0.15, 0.2) is 85.9 Å². The Morgan fingerprint density at radius 2 is 1.84 bits per heavy atom. The molecule has 0 saturated carbocycles. The molecule has 6 N–H and O–H groups in total. The third kappa shape index (κ3) is 7.82. The van der Waals surface area contributed by atoms with Gasteiger partial charge in [-0.3, -0.25) is 4.79 Å². The van der Waals surface area contributed by atoms with Crippen LogP contribution in [0.25, 0.3) is 17.0 Å². The highest BCUT2D eigenvalue weighted by Gasteiger charge is 2.27. The van der Waals surface area contributed by atoms with E-state index in [1.807, 2.05) is 64.1 Å². The summed E-state index contributed by atoms with van der Waals surface area (Å²) in [7, 11) is 0. The van der Waals surface area contributed by atoms with Crippen molar-refractivity contribution in [3.63, 3.8) is 0 Å². The summed E-state index contributed by atoms with van der Waals surface area (Å²) in [4.78, 5) is 21.3. The first-order valence-corrected chi connectivity index (χ1v) is 15.5. The van der Waals surface area contributed by atoms with E-state index >= 15 is 0 Å². The third-order valence-corrected chi connectivity index (χ3v) is 8.48. The summed E-state index contributed by atoms with van der Waals surface area (Å²) in [6.07, 6.45) is 3.64. The topological polar surface area (TPSA) is 155 Å².